The van der Waals surface area contributed by atoms with Crippen molar-refractivity contribution in [3.8, 4) is 11.5 Å². The molecule has 2 aromatic rings. The second-order valence-corrected chi connectivity index (χ2v) is 5.30. The maximum absolute atomic E-state index is 12.4. The Morgan fingerprint density at radius 3 is 2.08 bits per heavy atom. The molecule has 0 atom stereocenters. The molecule has 0 saturated carbocycles. The molecule has 0 aromatic heterocycles. The van der Waals surface area contributed by atoms with Gasteiger partial charge in [0.15, 0.2) is 0 Å². The molecule has 4 N–H and O–H groups in total. The van der Waals surface area contributed by atoms with E-state index in [-0.39, 0.29) is 11.7 Å². The number of nitrogens with two attached hydrogens (primary N) is 1. The minimum atomic E-state index is -0.220. The van der Waals surface area contributed by atoms with E-state index in [1.807, 2.05) is 19.1 Å². The van der Waals surface area contributed by atoms with Crippen LogP contribution >= 0.6 is 0 Å². The van der Waals surface area contributed by atoms with Gasteiger partial charge in [0.25, 0.3) is 5.91 Å². The van der Waals surface area contributed by atoms with Crippen LogP contribution < -0.4 is 20.5 Å². The van der Waals surface area contributed by atoms with Gasteiger partial charge in [0.05, 0.1) is 14.2 Å². The normalized spacial score (nSPS) is 10.1. The molecule has 0 spiro atoms. The zero-order valence-corrected chi connectivity index (χ0v) is 14.0. The van der Waals surface area contributed by atoms with Crippen molar-refractivity contribution in [1.82, 2.24) is 5.32 Å². The Hall–Kier alpha value is -3.02. The third-order valence-electron chi connectivity index (χ3n) is 3.73. The Bertz CT molecular complexity index is 730. The average molecular weight is 327 g/mol. The fraction of sp³-hybridized carbons (Fsp3) is 0.222. The molecule has 0 heterocycles. The van der Waals surface area contributed by atoms with Crippen molar-refractivity contribution >= 4 is 11.7 Å². The Morgan fingerprint density at radius 1 is 1.08 bits per heavy atom. The molecule has 0 aliphatic carbocycles. The zero-order chi connectivity index (χ0) is 17.7. The minimum Gasteiger partial charge on any atom is -0.496 e. The van der Waals surface area contributed by atoms with E-state index in [1.165, 1.54) is 0 Å². The summed E-state index contributed by atoms with van der Waals surface area (Å²) in [5.41, 5.74) is 8.30. The van der Waals surface area contributed by atoms with Crippen LogP contribution in [0.1, 0.15) is 27.0 Å². The number of amides is 1. The van der Waals surface area contributed by atoms with E-state index in [1.54, 1.807) is 38.5 Å². The van der Waals surface area contributed by atoms with Crippen LogP contribution in [0.25, 0.3) is 0 Å². The molecule has 6 heteroatoms. The number of benzene rings is 2. The maximum atomic E-state index is 12.4. The molecule has 2 aromatic carbocycles. The standard InChI is InChI=1S/C18H21N3O3/c1-11-15(23-2)8-14(9-16(11)24-3)18(22)21-10-12-4-6-13(7-5-12)17(19)20/h4-9H,10H2,1-3H3,(H3,19,20)(H,21,22). The van der Waals surface area contributed by atoms with Crippen molar-refractivity contribution in [3.05, 3.63) is 58.7 Å². The summed E-state index contributed by atoms with van der Waals surface area (Å²) in [7, 11) is 3.11. The molecule has 0 unspecified atom stereocenters. The van der Waals surface area contributed by atoms with Crippen LogP contribution in [0.4, 0.5) is 0 Å². The summed E-state index contributed by atoms with van der Waals surface area (Å²) in [6.07, 6.45) is 0. The number of rotatable bonds is 6. The van der Waals surface area contributed by atoms with E-state index in [9.17, 15) is 4.79 Å². The molecule has 1 amide bonds. The quantitative estimate of drug-likeness (QED) is 0.560. The molecule has 0 aliphatic heterocycles. The first-order valence-electron chi connectivity index (χ1n) is 7.40. The number of hydrogen-bond donors (Lipinski definition) is 3. The first kappa shape index (κ1) is 17.3. The van der Waals surface area contributed by atoms with Crippen LogP contribution in [0.15, 0.2) is 36.4 Å². The third kappa shape index (κ3) is 3.84. The third-order valence-corrected chi connectivity index (χ3v) is 3.73. The molecule has 0 saturated heterocycles. The summed E-state index contributed by atoms with van der Waals surface area (Å²) in [5, 5.41) is 10.2. The predicted octanol–water partition coefficient (Wildman–Crippen LogP) is 2.23. The van der Waals surface area contributed by atoms with Crippen molar-refractivity contribution < 1.29 is 14.3 Å². The van der Waals surface area contributed by atoms with Crippen molar-refractivity contribution in [1.29, 1.82) is 5.41 Å². The average Bonchev–Trinajstić information content (AvgIpc) is 2.60. The van der Waals surface area contributed by atoms with Crippen molar-refractivity contribution in [2.75, 3.05) is 14.2 Å². The number of carbonyl (C=O) groups excluding carboxylic acids is 1. The maximum Gasteiger partial charge on any atom is 0.251 e. The zero-order valence-electron chi connectivity index (χ0n) is 14.0. The van der Waals surface area contributed by atoms with Gasteiger partial charge in [-0.25, -0.2) is 0 Å². The van der Waals surface area contributed by atoms with Crippen LogP contribution in [0, 0.1) is 12.3 Å². The summed E-state index contributed by atoms with van der Waals surface area (Å²) < 4.78 is 10.6. The molecule has 0 aliphatic rings. The number of methoxy groups -OCH3 is 2. The number of nitrogens with one attached hydrogen (secondary N) is 2. The van der Waals surface area contributed by atoms with Crippen molar-refractivity contribution in [3.63, 3.8) is 0 Å². The lowest BCUT2D eigenvalue weighted by molar-refractivity contribution is 0.0950. The topological polar surface area (TPSA) is 97.4 Å². The van der Waals surface area contributed by atoms with Gasteiger partial charge in [-0.3, -0.25) is 10.2 Å². The summed E-state index contributed by atoms with van der Waals surface area (Å²) in [6, 6.07) is 10.5. The number of hydrogen-bond acceptors (Lipinski definition) is 4. The van der Waals surface area contributed by atoms with Gasteiger partial charge >= 0.3 is 0 Å². The van der Waals surface area contributed by atoms with E-state index in [2.05, 4.69) is 5.32 Å². The van der Waals surface area contributed by atoms with Crippen LogP contribution in [0.2, 0.25) is 0 Å². The highest BCUT2D eigenvalue weighted by Crippen LogP contribution is 2.29. The summed E-state index contributed by atoms with van der Waals surface area (Å²) in [6.45, 7) is 2.24. The van der Waals surface area contributed by atoms with Crippen LogP contribution in [-0.4, -0.2) is 26.0 Å². The molecule has 0 fully saturated rings. The van der Waals surface area contributed by atoms with Crippen LogP contribution in [-0.2, 0) is 6.54 Å². The summed E-state index contributed by atoms with van der Waals surface area (Å²) in [4.78, 5) is 12.4. The van der Waals surface area contributed by atoms with Gasteiger partial charge in [-0.1, -0.05) is 24.3 Å². The van der Waals surface area contributed by atoms with Gasteiger partial charge < -0.3 is 20.5 Å². The largest absolute Gasteiger partial charge is 0.496 e. The summed E-state index contributed by atoms with van der Waals surface area (Å²) >= 11 is 0. The predicted molar refractivity (Wildman–Crippen MR) is 92.9 cm³/mol. The fourth-order valence-corrected chi connectivity index (χ4v) is 2.30. The first-order valence-corrected chi connectivity index (χ1v) is 7.40. The van der Waals surface area contributed by atoms with Gasteiger partial charge in [-0.2, -0.15) is 0 Å². The molecular formula is C18H21N3O3. The van der Waals surface area contributed by atoms with E-state index in [4.69, 9.17) is 20.6 Å². The molecule has 2 rings (SSSR count). The summed E-state index contributed by atoms with van der Waals surface area (Å²) in [5.74, 6) is 1.00. The first-order chi connectivity index (χ1) is 11.5. The highest BCUT2D eigenvalue weighted by Gasteiger charge is 2.13. The Morgan fingerprint density at radius 2 is 1.62 bits per heavy atom. The van der Waals surface area contributed by atoms with E-state index in [0.717, 1.165) is 11.1 Å². The highest BCUT2D eigenvalue weighted by atomic mass is 16.5. The second kappa shape index (κ2) is 7.50. The fourth-order valence-electron chi connectivity index (χ4n) is 2.30. The SMILES string of the molecule is COc1cc(C(=O)NCc2ccc(C(=N)N)cc2)cc(OC)c1C. The van der Waals surface area contributed by atoms with Gasteiger partial charge in [0, 0.05) is 23.2 Å². The van der Waals surface area contributed by atoms with Crippen molar-refractivity contribution in [2.24, 2.45) is 5.73 Å². The molecular weight excluding hydrogens is 306 g/mol. The van der Waals surface area contributed by atoms with Gasteiger partial charge in [0.2, 0.25) is 0 Å². The Kier molecular flexibility index (Phi) is 5.42. The van der Waals surface area contributed by atoms with Gasteiger partial charge in [0.1, 0.15) is 17.3 Å². The van der Waals surface area contributed by atoms with Crippen LogP contribution in [0.3, 0.4) is 0 Å². The molecule has 6 nitrogen and oxygen atoms in total. The molecule has 0 radical (unpaired) electrons. The Balaban J connectivity index is 2.11. The number of ether oxygens (including phenoxy) is 2. The number of amidine groups is 1. The highest BCUT2D eigenvalue weighted by molar-refractivity contribution is 5.96. The van der Waals surface area contributed by atoms with E-state index < -0.39 is 0 Å². The van der Waals surface area contributed by atoms with Crippen LogP contribution in [0.5, 0.6) is 11.5 Å². The Labute approximate surface area is 141 Å². The molecule has 126 valence electrons. The minimum absolute atomic E-state index is 0.0180. The lowest BCUT2D eigenvalue weighted by atomic mass is 10.1. The van der Waals surface area contributed by atoms with Crippen molar-refractivity contribution in [2.45, 2.75) is 13.5 Å². The molecule has 0 bridgehead atoms. The second-order valence-electron chi connectivity index (χ2n) is 5.30. The lowest BCUT2D eigenvalue weighted by Gasteiger charge is -2.13. The monoisotopic (exact) mass is 327 g/mol. The number of carbonyl (C=O) groups is 1. The van der Waals surface area contributed by atoms with Gasteiger partial charge in [-0.15, -0.1) is 0 Å². The smallest absolute Gasteiger partial charge is 0.251 e. The van der Waals surface area contributed by atoms with E-state index in [0.29, 0.717) is 29.2 Å². The number of nitrogen functional groups attached to an aromatic ring is 1. The van der Waals surface area contributed by atoms with E-state index >= 15 is 0 Å². The molecule has 24 heavy (non-hydrogen) atoms. The van der Waals surface area contributed by atoms with Gasteiger partial charge in [-0.05, 0) is 24.6 Å². The lowest BCUT2D eigenvalue weighted by Crippen LogP contribution is -2.23.